The number of hydrogen-bond donors (Lipinski definition) is 2. The Morgan fingerprint density at radius 1 is 1.40 bits per heavy atom. The molecule has 8 heteroatoms. The Hall–Kier alpha value is -1.96. The van der Waals surface area contributed by atoms with Gasteiger partial charge in [0.05, 0.1) is 18.7 Å². The van der Waals surface area contributed by atoms with E-state index in [0.717, 1.165) is 0 Å². The van der Waals surface area contributed by atoms with Crippen LogP contribution in [0.15, 0.2) is 12.1 Å². The van der Waals surface area contributed by atoms with Gasteiger partial charge in [0.25, 0.3) is 0 Å². The Balaban J connectivity index is 2.34. The van der Waals surface area contributed by atoms with Crippen LogP contribution in [0.5, 0.6) is 5.75 Å². The van der Waals surface area contributed by atoms with E-state index in [9.17, 15) is 23.1 Å². The lowest BCUT2D eigenvalue weighted by atomic mass is 9.82. The van der Waals surface area contributed by atoms with E-state index < -0.39 is 29.7 Å². The van der Waals surface area contributed by atoms with Gasteiger partial charge in [-0.25, -0.2) is 0 Å². The number of anilines is 2. The van der Waals surface area contributed by atoms with Crippen LogP contribution in [0.4, 0.5) is 24.5 Å². The SMILES string of the molecule is Nc1ccc2c3c1C(O)(C(F)(F)F)CC(=O)N3CCO2. The molecule has 0 spiro atoms. The van der Waals surface area contributed by atoms with Crippen LogP contribution in [0.3, 0.4) is 0 Å². The molecule has 1 amide bonds. The zero-order valence-corrected chi connectivity index (χ0v) is 10.2. The van der Waals surface area contributed by atoms with E-state index >= 15 is 0 Å². The maximum Gasteiger partial charge on any atom is 0.422 e. The van der Waals surface area contributed by atoms with E-state index in [0.29, 0.717) is 0 Å². The minimum atomic E-state index is -5.00. The first kappa shape index (κ1) is 13.0. The van der Waals surface area contributed by atoms with Crippen LogP contribution in [0.25, 0.3) is 0 Å². The number of hydrogen-bond acceptors (Lipinski definition) is 4. The second-order valence-electron chi connectivity index (χ2n) is 4.81. The Morgan fingerprint density at radius 2 is 2.10 bits per heavy atom. The van der Waals surface area contributed by atoms with Crippen LogP contribution in [-0.2, 0) is 10.4 Å². The standard InChI is InChI=1S/C12H11F3N2O3/c13-12(14,15)11(19)5-8(18)17-3-4-20-7-2-1-6(16)9(11)10(7)17/h1-2,19H,3-5,16H2. The fraction of sp³-hybridized carbons (Fsp3) is 0.417. The van der Waals surface area contributed by atoms with Gasteiger partial charge in [-0.3, -0.25) is 4.79 Å². The fourth-order valence-corrected chi connectivity index (χ4v) is 2.66. The summed E-state index contributed by atoms with van der Waals surface area (Å²) >= 11 is 0. The third kappa shape index (κ3) is 1.51. The highest BCUT2D eigenvalue weighted by Crippen LogP contribution is 2.54. The van der Waals surface area contributed by atoms with E-state index in [1.165, 1.54) is 17.0 Å². The number of rotatable bonds is 0. The number of aliphatic hydroxyl groups is 1. The molecule has 0 saturated carbocycles. The second-order valence-corrected chi connectivity index (χ2v) is 4.81. The number of halogens is 3. The molecule has 0 bridgehead atoms. The van der Waals surface area contributed by atoms with Gasteiger partial charge in [-0.15, -0.1) is 0 Å². The predicted molar refractivity (Wildman–Crippen MR) is 63.3 cm³/mol. The summed E-state index contributed by atoms with van der Waals surface area (Å²) in [6, 6.07) is 2.64. The molecule has 2 heterocycles. The maximum atomic E-state index is 13.2. The molecule has 1 aromatic carbocycles. The van der Waals surface area contributed by atoms with Crippen molar-refractivity contribution in [2.75, 3.05) is 23.8 Å². The van der Waals surface area contributed by atoms with Gasteiger partial charge in [0.2, 0.25) is 5.91 Å². The Bertz CT molecular complexity index is 602. The van der Waals surface area contributed by atoms with E-state index in [1.54, 1.807) is 0 Å². The van der Waals surface area contributed by atoms with Gasteiger partial charge in [-0.05, 0) is 12.1 Å². The first-order chi connectivity index (χ1) is 9.25. The Kier molecular flexibility index (Phi) is 2.47. The van der Waals surface area contributed by atoms with E-state index in [2.05, 4.69) is 0 Å². The molecular formula is C12H11F3N2O3. The van der Waals surface area contributed by atoms with Gasteiger partial charge in [-0.2, -0.15) is 13.2 Å². The third-order valence-corrected chi connectivity index (χ3v) is 3.61. The zero-order valence-electron chi connectivity index (χ0n) is 10.2. The number of amides is 1. The van der Waals surface area contributed by atoms with Crippen molar-refractivity contribution in [1.82, 2.24) is 0 Å². The van der Waals surface area contributed by atoms with Crippen LogP contribution in [0.1, 0.15) is 12.0 Å². The number of benzene rings is 1. The first-order valence-electron chi connectivity index (χ1n) is 5.91. The summed E-state index contributed by atoms with van der Waals surface area (Å²) in [5, 5.41) is 10.1. The molecule has 3 rings (SSSR count). The van der Waals surface area contributed by atoms with Crippen molar-refractivity contribution in [3.63, 3.8) is 0 Å². The molecule has 3 N–H and O–H groups in total. The lowest BCUT2D eigenvalue weighted by Gasteiger charge is -2.43. The molecule has 0 radical (unpaired) electrons. The van der Waals surface area contributed by atoms with E-state index in [1.807, 2.05) is 0 Å². The molecule has 0 aliphatic carbocycles. The minimum Gasteiger partial charge on any atom is -0.490 e. The maximum absolute atomic E-state index is 13.2. The number of ether oxygens (including phenoxy) is 1. The van der Waals surface area contributed by atoms with Crippen molar-refractivity contribution in [3.8, 4) is 5.75 Å². The average molecular weight is 288 g/mol. The highest BCUT2D eigenvalue weighted by atomic mass is 19.4. The highest BCUT2D eigenvalue weighted by Gasteiger charge is 2.61. The minimum absolute atomic E-state index is 0.0766. The molecule has 0 fully saturated rings. The van der Waals surface area contributed by atoms with Gasteiger partial charge in [0.15, 0.2) is 5.60 Å². The summed E-state index contributed by atoms with van der Waals surface area (Å²) in [5.74, 6) is -0.677. The normalized spacial score (nSPS) is 25.2. The summed E-state index contributed by atoms with van der Waals surface area (Å²) in [6.07, 6.45) is -6.08. The van der Waals surface area contributed by atoms with Crippen LogP contribution in [0.2, 0.25) is 0 Å². The topological polar surface area (TPSA) is 75.8 Å². The molecule has 5 nitrogen and oxygen atoms in total. The highest BCUT2D eigenvalue weighted by molar-refractivity contribution is 6.01. The number of nitrogens with two attached hydrogens (primary N) is 1. The molecule has 1 atom stereocenters. The van der Waals surface area contributed by atoms with Gasteiger partial charge in [0.1, 0.15) is 12.4 Å². The molecule has 1 aromatic rings. The average Bonchev–Trinajstić information content (AvgIpc) is 2.35. The van der Waals surface area contributed by atoms with Gasteiger partial charge >= 0.3 is 6.18 Å². The molecule has 0 aromatic heterocycles. The number of nitrogens with zero attached hydrogens (tertiary/aromatic N) is 1. The molecule has 2 aliphatic heterocycles. The molecule has 108 valence electrons. The number of nitrogen functional groups attached to an aromatic ring is 1. The van der Waals surface area contributed by atoms with Crippen molar-refractivity contribution in [3.05, 3.63) is 17.7 Å². The molecule has 2 aliphatic rings. The predicted octanol–water partition coefficient (Wildman–Crippen LogP) is 1.15. The van der Waals surface area contributed by atoms with Crippen molar-refractivity contribution >= 4 is 17.3 Å². The molecule has 1 unspecified atom stereocenters. The van der Waals surface area contributed by atoms with Crippen LogP contribution >= 0.6 is 0 Å². The van der Waals surface area contributed by atoms with Crippen molar-refractivity contribution in [1.29, 1.82) is 0 Å². The lowest BCUT2D eigenvalue weighted by molar-refractivity contribution is -0.267. The largest absolute Gasteiger partial charge is 0.490 e. The van der Waals surface area contributed by atoms with E-state index in [4.69, 9.17) is 10.5 Å². The lowest BCUT2D eigenvalue weighted by Crippen LogP contribution is -2.54. The van der Waals surface area contributed by atoms with Crippen molar-refractivity contribution < 1.29 is 27.8 Å². The fourth-order valence-electron chi connectivity index (χ4n) is 2.66. The molecular weight excluding hydrogens is 277 g/mol. The Morgan fingerprint density at radius 3 is 2.75 bits per heavy atom. The smallest absolute Gasteiger partial charge is 0.422 e. The third-order valence-electron chi connectivity index (χ3n) is 3.61. The summed E-state index contributed by atoms with van der Waals surface area (Å²) in [5.41, 5.74) is 1.54. The number of carbonyl (C=O) groups excluding carboxylic acids is 1. The summed E-state index contributed by atoms with van der Waals surface area (Å²) in [4.78, 5) is 13.1. The van der Waals surface area contributed by atoms with E-state index in [-0.39, 0.29) is 30.3 Å². The van der Waals surface area contributed by atoms with Crippen LogP contribution in [-0.4, -0.2) is 30.3 Å². The zero-order chi connectivity index (χ0) is 14.7. The summed E-state index contributed by atoms with van der Waals surface area (Å²) in [6.45, 7) is 0.322. The van der Waals surface area contributed by atoms with Gasteiger partial charge < -0.3 is 20.5 Å². The second kappa shape index (κ2) is 3.78. The van der Waals surface area contributed by atoms with Gasteiger partial charge in [0, 0.05) is 11.3 Å². The van der Waals surface area contributed by atoms with Crippen LogP contribution < -0.4 is 15.4 Å². The Labute approximate surface area is 111 Å². The first-order valence-corrected chi connectivity index (χ1v) is 5.91. The quantitative estimate of drug-likeness (QED) is 0.702. The monoisotopic (exact) mass is 288 g/mol. The molecule has 0 saturated heterocycles. The number of carbonyl (C=O) groups is 1. The summed E-state index contributed by atoms with van der Waals surface area (Å²) in [7, 11) is 0. The van der Waals surface area contributed by atoms with Gasteiger partial charge in [-0.1, -0.05) is 0 Å². The van der Waals surface area contributed by atoms with Crippen molar-refractivity contribution in [2.45, 2.75) is 18.2 Å². The van der Waals surface area contributed by atoms with Crippen LogP contribution in [0, 0.1) is 0 Å². The number of alkyl halides is 3. The summed E-state index contributed by atoms with van der Waals surface area (Å²) < 4.78 is 44.9. The molecule has 20 heavy (non-hydrogen) atoms. The van der Waals surface area contributed by atoms with Crippen molar-refractivity contribution in [2.24, 2.45) is 0 Å².